The van der Waals surface area contributed by atoms with Crippen molar-refractivity contribution in [2.45, 2.75) is 13.0 Å². The van der Waals surface area contributed by atoms with Crippen molar-refractivity contribution < 1.29 is 4.74 Å². The van der Waals surface area contributed by atoms with Crippen molar-refractivity contribution in [3.63, 3.8) is 0 Å². The molecule has 0 aliphatic carbocycles. The maximum atomic E-state index is 5.61. The molecule has 1 N–H and O–H groups in total. The summed E-state index contributed by atoms with van der Waals surface area (Å²) >= 11 is 0. The van der Waals surface area contributed by atoms with Crippen LogP contribution < -0.4 is 10.1 Å². The zero-order chi connectivity index (χ0) is 13.3. The molecule has 2 aromatic rings. The molecule has 0 aliphatic heterocycles. The molecule has 0 saturated heterocycles. The highest BCUT2D eigenvalue weighted by Gasteiger charge is 1.97. The zero-order valence-corrected chi connectivity index (χ0v) is 10.5. The Bertz CT molecular complexity index is 532. The molecule has 0 bridgehead atoms. The van der Waals surface area contributed by atoms with Gasteiger partial charge < -0.3 is 10.1 Å². The standard InChI is InChI=1S/C15H15N3O/c1-2-3-8-17-13-4-6-15(7-5-13)19-12-14-11-16-9-10-18-14/h1,4-7,9-11,17H,3,8,12H2. The Morgan fingerprint density at radius 2 is 2.05 bits per heavy atom. The molecule has 0 unspecified atom stereocenters. The Hall–Kier alpha value is -2.54. The fraction of sp³-hybridized carbons (Fsp3) is 0.200. The van der Waals surface area contributed by atoms with Gasteiger partial charge in [-0.3, -0.25) is 9.97 Å². The lowest BCUT2D eigenvalue weighted by Crippen LogP contribution is -2.01. The first-order valence-electron chi connectivity index (χ1n) is 6.03. The van der Waals surface area contributed by atoms with Crippen LogP contribution in [0.15, 0.2) is 42.9 Å². The van der Waals surface area contributed by atoms with E-state index in [-0.39, 0.29) is 0 Å². The van der Waals surface area contributed by atoms with Crippen molar-refractivity contribution in [2.24, 2.45) is 0 Å². The lowest BCUT2D eigenvalue weighted by atomic mass is 10.3. The second-order valence-corrected chi connectivity index (χ2v) is 3.89. The average molecular weight is 253 g/mol. The van der Waals surface area contributed by atoms with Gasteiger partial charge in [0.15, 0.2) is 0 Å². The number of aromatic nitrogens is 2. The lowest BCUT2D eigenvalue weighted by Gasteiger charge is -2.07. The summed E-state index contributed by atoms with van der Waals surface area (Å²) in [4.78, 5) is 8.13. The molecule has 0 saturated carbocycles. The van der Waals surface area contributed by atoms with Gasteiger partial charge in [0.2, 0.25) is 0 Å². The van der Waals surface area contributed by atoms with Gasteiger partial charge in [0.05, 0.1) is 11.9 Å². The summed E-state index contributed by atoms with van der Waals surface area (Å²) < 4.78 is 5.61. The number of nitrogens with one attached hydrogen (secondary N) is 1. The van der Waals surface area contributed by atoms with Crippen LogP contribution in [-0.2, 0) is 6.61 Å². The third kappa shape index (κ3) is 4.32. The molecule has 0 atom stereocenters. The van der Waals surface area contributed by atoms with E-state index in [9.17, 15) is 0 Å². The number of hydrogen-bond donors (Lipinski definition) is 1. The Morgan fingerprint density at radius 3 is 2.74 bits per heavy atom. The predicted molar refractivity (Wildman–Crippen MR) is 74.7 cm³/mol. The van der Waals surface area contributed by atoms with Crippen molar-refractivity contribution >= 4 is 5.69 Å². The second kappa shape index (κ2) is 7.02. The fourth-order valence-corrected chi connectivity index (χ4v) is 1.51. The summed E-state index contributed by atoms with van der Waals surface area (Å²) in [7, 11) is 0. The summed E-state index contributed by atoms with van der Waals surface area (Å²) in [5.74, 6) is 3.39. The third-order valence-electron chi connectivity index (χ3n) is 2.46. The first kappa shape index (κ1) is 12.9. The SMILES string of the molecule is C#CCCNc1ccc(OCc2cnccn2)cc1. The number of rotatable bonds is 6. The van der Waals surface area contributed by atoms with Gasteiger partial charge in [0, 0.05) is 31.0 Å². The van der Waals surface area contributed by atoms with Crippen molar-refractivity contribution in [2.75, 3.05) is 11.9 Å². The molecule has 0 spiro atoms. The molecule has 1 heterocycles. The van der Waals surface area contributed by atoms with Crippen LogP contribution >= 0.6 is 0 Å². The number of terminal acetylenes is 1. The van der Waals surface area contributed by atoms with E-state index >= 15 is 0 Å². The molecule has 0 amide bonds. The van der Waals surface area contributed by atoms with Crippen LogP contribution in [-0.4, -0.2) is 16.5 Å². The molecule has 19 heavy (non-hydrogen) atoms. The van der Waals surface area contributed by atoms with Gasteiger partial charge in [-0.05, 0) is 24.3 Å². The first-order valence-corrected chi connectivity index (χ1v) is 6.03. The van der Waals surface area contributed by atoms with E-state index in [1.165, 1.54) is 0 Å². The summed E-state index contributed by atoms with van der Waals surface area (Å²) in [6.07, 6.45) is 10.9. The maximum Gasteiger partial charge on any atom is 0.132 e. The number of anilines is 1. The number of benzene rings is 1. The Balaban J connectivity index is 1.83. The summed E-state index contributed by atoms with van der Waals surface area (Å²) in [5.41, 5.74) is 1.83. The zero-order valence-electron chi connectivity index (χ0n) is 10.5. The van der Waals surface area contributed by atoms with Gasteiger partial charge in [0.1, 0.15) is 12.4 Å². The number of hydrogen-bond acceptors (Lipinski definition) is 4. The van der Waals surface area contributed by atoms with Crippen LogP contribution in [0.1, 0.15) is 12.1 Å². The quantitative estimate of drug-likeness (QED) is 0.634. The third-order valence-corrected chi connectivity index (χ3v) is 2.46. The molecule has 1 aromatic heterocycles. The van der Waals surface area contributed by atoms with Gasteiger partial charge in [0.25, 0.3) is 0 Å². The van der Waals surface area contributed by atoms with Gasteiger partial charge in [-0.1, -0.05) is 0 Å². The van der Waals surface area contributed by atoms with E-state index in [1.54, 1.807) is 18.6 Å². The minimum atomic E-state index is 0.414. The molecule has 4 nitrogen and oxygen atoms in total. The van der Waals surface area contributed by atoms with E-state index in [0.717, 1.165) is 23.7 Å². The highest BCUT2D eigenvalue weighted by Crippen LogP contribution is 2.16. The summed E-state index contributed by atoms with van der Waals surface area (Å²) in [6.45, 7) is 1.19. The monoisotopic (exact) mass is 253 g/mol. The molecule has 1 aromatic carbocycles. The van der Waals surface area contributed by atoms with Crippen molar-refractivity contribution in [1.82, 2.24) is 9.97 Å². The van der Waals surface area contributed by atoms with Gasteiger partial charge in [-0.2, -0.15) is 0 Å². The van der Waals surface area contributed by atoms with E-state index in [2.05, 4.69) is 21.2 Å². The Morgan fingerprint density at radius 1 is 1.21 bits per heavy atom. The Kier molecular flexibility index (Phi) is 4.77. The molecule has 96 valence electrons. The molecule has 0 radical (unpaired) electrons. The lowest BCUT2D eigenvalue weighted by molar-refractivity contribution is 0.301. The normalized spacial score (nSPS) is 9.63. The van der Waals surface area contributed by atoms with Crippen LogP contribution in [0.4, 0.5) is 5.69 Å². The molecule has 2 rings (SSSR count). The van der Waals surface area contributed by atoms with Crippen LogP contribution in [0.3, 0.4) is 0 Å². The highest BCUT2D eigenvalue weighted by atomic mass is 16.5. The highest BCUT2D eigenvalue weighted by molar-refractivity contribution is 5.46. The van der Waals surface area contributed by atoms with Gasteiger partial charge >= 0.3 is 0 Å². The van der Waals surface area contributed by atoms with Crippen molar-refractivity contribution in [3.05, 3.63) is 48.5 Å². The fourth-order valence-electron chi connectivity index (χ4n) is 1.51. The van der Waals surface area contributed by atoms with Crippen LogP contribution in [0.5, 0.6) is 5.75 Å². The van der Waals surface area contributed by atoms with Gasteiger partial charge in [-0.25, -0.2) is 0 Å². The van der Waals surface area contributed by atoms with E-state index in [1.807, 2.05) is 24.3 Å². The molecule has 0 aliphatic rings. The van der Waals surface area contributed by atoms with E-state index in [0.29, 0.717) is 13.0 Å². The minimum Gasteiger partial charge on any atom is -0.487 e. The largest absolute Gasteiger partial charge is 0.487 e. The van der Waals surface area contributed by atoms with Crippen LogP contribution in [0.25, 0.3) is 0 Å². The van der Waals surface area contributed by atoms with Crippen molar-refractivity contribution in [1.29, 1.82) is 0 Å². The second-order valence-electron chi connectivity index (χ2n) is 3.89. The minimum absolute atomic E-state index is 0.414. The van der Waals surface area contributed by atoms with Crippen LogP contribution in [0, 0.1) is 12.3 Å². The Labute approximate surface area is 112 Å². The molecule has 0 fully saturated rings. The topological polar surface area (TPSA) is 47.0 Å². The summed E-state index contributed by atoms with van der Waals surface area (Å²) in [5, 5.41) is 3.23. The predicted octanol–water partition coefficient (Wildman–Crippen LogP) is 2.49. The molecular formula is C15H15N3O. The summed E-state index contributed by atoms with van der Waals surface area (Å²) in [6, 6.07) is 7.74. The molecule has 4 heteroatoms. The van der Waals surface area contributed by atoms with Crippen LogP contribution in [0.2, 0.25) is 0 Å². The average Bonchev–Trinajstić information content (AvgIpc) is 2.48. The van der Waals surface area contributed by atoms with Gasteiger partial charge in [-0.15, -0.1) is 12.3 Å². The number of nitrogens with zero attached hydrogens (tertiary/aromatic N) is 2. The van der Waals surface area contributed by atoms with E-state index in [4.69, 9.17) is 11.2 Å². The van der Waals surface area contributed by atoms with E-state index < -0.39 is 0 Å². The number of ether oxygens (including phenoxy) is 1. The first-order chi connectivity index (χ1) is 9.38. The molecular weight excluding hydrogens is 238 g/mol. The van der Waals surface area contributed by atoms with Crippen molar-refractivity contribution in [3.8, 4) is 18.1 Å². The maximum absolute atomic E-state index is 5.61. The smallest absolute Gasteiger partial charge is 0.132 e.